The Labute approximate surface area is 123 Å². The first kappa shape index (κ1) is 16.5. The van der Waals surface area contributed by atoms with Crippen molar-refractivity contribution in [3.05, 3.63) is 30.3 Å². The molecule has 0 heterocycles. The Bertz CT molecular complexity index is 376. The minimum atomic E-state index is 0.166. The molecule has 0 unspecified atom stereocenters. The standard InChI is InChI=1S/C17H28N2O/c1-4-5-7-12-17(20)18-13-16(14(2)3)19-15-10-8-6-9-11-15/h6,8-11,14,16,19H,4-5,7,12-13H2,1-3H3,(H,18,20)/t16-/m1/s1. The third kappa shape index (κ3) is 6.60. The number of nitrogens with one attached hydrogen (secondary N) is 2. The minimum absolute atomic E-state index is 0.166. The third-order valence-electron chi connectivity index (χ3n) is 3.46. The normalized spacial score (nSPS) is 12.2. The number of carbonyl (C=O) groups is 1. The summed E-state index contributed by atoms with van der Waals surface area (Å²) in [5.41, 5.74) is 1.10. The quantitative estimate of drug-likeness (QED) is 0.673. The molecule has 20 heavy (non-hydrogen) atoms. The summed E-state index contributed by atoms with van der Waals surface area (Å²) in [6, 6.07) is 10.4. The smallest absolute Gasteiger partial charge is 0.220 e. The number of hydrogen-bond donors (Lipinski definition) is 2. The lowest BCUT2D eigenvalue weighted by atomic mass is 10.0. The van der Waals surface area contributed by atoms with Gasteiger partial charge in [0.1, 0.15) is 0 Å². The van der Waals surface area contributed by atoms with Crippen LogP contribution in [0, 0.1) is 5.92 Å². The van der Waals surface area contributed by atoms with Crippen LogP contribution in [-0.4, -0.2) is 18.5 Å². The summed E-state index contributed by atoms with van der Waals surface area (Å²) >= 11 is 0. The van der Waals surface area contributed by atoms with Gasteiger partial charge in [-0.15, -0.1) is 0 Å². The van der Waals surface area contributed by atoms with Crippen LogP contribution in [-0.2, 0) is 4.79 Å². The number of hydrogen-bond acceptors (Lipinski definition) is 2. The van der Waals surface area contributed by atoms with Crippen molar-refractivity contribution in [2.45, 2.75) is 52.5 Å². The molecule has 0 saturated carbocycles. The number of rotatable bonds is 9. The predicted molar refractivity (Wildman–Crippen MR) is 85.8 cm³/mol. The third-order valence-corrected chi connectivity index (χ3v) is 3.46. The predicted octanol–water partition coefficient (Wildman–Crippen LogP) is 3.82. The van der Waals surface area contributed by atoms with Gasteiger partial charge in [0, 0.05) is 24.7 Å². The first-order valence-electron chi connectivity index (χ1n) is 7.71. The highest BCUT2D eigenvalue weighted by Crippen LogP contribution is 2.11. The van der Waals surface area contributed by atoms with Gasteiger partial charge in [0.2, 0.25) is 5.91 Å². The van der Waals surface area contributed by atoms with Gasteiger partial charge in [-0.2, -0.15) is 0 Å². The minimum Gasteiger partial charge on any atom is -0.380 e. The van der Waals surface area contributed by atoms with Crippen molar-refractivity contribution in [3.63, 3.8) is 0 Å². The fourth-order valence-corrected chi connectivity index (χ4v) is 2.05. The highest BCUT2D eigenvalue weighted by Gasteiger charge is 2.14. The molecule has 0 radical (unpaired) electrons. The maximum atomic E-state index is 11.8. The zero-order chi connectivity index (χ0) is 14.8. The molecule has 2 N–H and O–H groups in total. The number of amides is 1. The van der Waals surface area contributed by atoms with Gasteiger partial charge in [0.25, 0.3) is 0 Å². The van der Waals surface area contributed by atoms with Gasteiger partial charge in [0.15, 0.2) is 0 Å². The molecule has 3 nitrogen and oxygen atoms in total. The van der Waals surface area contributed by atoms with Crippen LogP contribution in [0.3, 0.4) is 0 Å². The first-order chi connectivity index (χ1) is 9.63. The van der Waals surface area contributed by atoms with E-state index in [-0.39, 0.29) is 11.9 Å². The summed E-state index contributed by atoms with van der Waals surface area (Å²) in [6.07, 6.45) is 3.91. The van der Waals surface area contributed by atoms with E-state index in [1.807, 2.05) is 18.2 Å². The molecule has 0 spiro atoms. The second-order valence-electron chi connectivity index (χ2n) is 5.62. The Hall–Kier alpha value is -1.51. The molecule has 0 aliphatic carbocycles. The summed E-state index contributed by atoms with van der Waals surface area (Å²) in [4.78, 5) is 11.8. The van der Waals surface area contributed by atoms with Gasteiger partial charge in [-0.05, 0) is 24.5 Å². The SMILES string of the molecule is CCCCCC(=O)NC[C@@H](Nc1ccccc1)C(C)C. The van der Waals surface area contributed by atoms with Crippen molar-refractivity contribution in [1.82, 2.24) is 5.32 Å². The van der Waals surface area contributed by atoms with Gasteiger partial charge in [0.05, 0.1) is 0 Å². The molecule has 0 aromatic heterocycles. The molecule has 3 heteroatoms. The van der Waals surface area contributed by atoms with Crippen LogP contribution in [0.25, 0.3) is 0 Å². The number of benzene rings is 1. The van der Waals surface area contributed by atoms with E-state index in [0.717, 1.165) is 24.9 Å². The van der Waals surface area contributed by atoms with Gasteiger partial charge in [-0.25, -0.2) is 0 Å². The molecule has 112 valence electrons. The molecule has 0 bridgehead atoms. The second kappa shape index (κ2) is 9.40. The monoisotopic (exact) mass is 276 g/mol. The summed E-state index contributed by atoms with van der Waals surface area (Å²) in [7, 11) is 0. The Kier molecular flexibility index (Phi) is 7.78. The zero-order valence-corrected chi connectivity index (χ0v) is 13.0. The second-order valence-corrected chi connectivity index (χ2v) is 5.62. The molecule has 0 aliphatic heterocycles. The molecule has 0 saturated heterocycles. The van der Waals surface area contributed by atoms with E-state index < -0.39 is 0 Å². The fourth-order valence-electron chi connectivity index (χ4n) is 2.05. The van der Waals surface area contributed by atoms with E-state index in [1.54, 1.807) is 0 Å². The fraction of sp³-hybridized carbons (Fsp3) is 0.588. The summed E-state index contributed by atoms with van der Waals surface area (Å²) in [6.45, 7) is 7.17. The van der Waals surface area contributed by atoms with E-state index in [4.69, 9.17) is 0 Å². The molecular formula is C17H28N2O. The van der Waals surface area contributed by atoms with Crippen molar-refractivity contribution in [2.24, 2.45) is 5.92 Å². The molecule has 1 aromatic carbocycles. The maximum Gasteiger partial charge on any atom is 0.220 e. The van der Waals surface area contributed by atoms with Gasteiger partial charge >= 0.3 is 0 Å². The Morgan fingerprint density at radius 1 is 1.15 bits per heavy atom. The number of unbranched alkanes of at least 4 members (excludes halogenated alkanes) is 2. The molecule has 1 aromatic rings. The van der Waals surface area contributed by atoms with Gasteiger partial charge in [-0.3, -0.25) is 4.79 Å². The van der Waals surface area contributed by atoms with Crippen LogP contribution < -0.4 is 10.6 Å². The highest BCUT2D eigenvalue weighted by atomic mass is 16.1. The highest BCUT2D eigenvalue weighted by molar-refractivity contribution is 5.75. The van der Waals surface area contributed by atoms with Gasteiger partial charge < -0.3 is 10.6 Å². The molecule has 1 amide bonds. The Morgan fingerprint density at radius 2 is 1.85 bits per heavy atom. The average Bonchev–Trinajstić information content (AvgIpc) is 2.44. The first-order valence-corrected chi connectivity index (χ1v) is 7.71. The molecular weight excluding hydrogens is 248 g/mol. The Morgan fingerprint density at radius 3 is 2.45 bits per heavy atom. The molecule has 1 rings (SSSR count). The van der Waals surface area contributed by atoms with Crippen molar-refractivity contribution in [3.8, 4) is 0 Å². The van der Waals surface area contributed by atoms with Gasteiger partial charge in [-0.1, -0.05) is 51.8 Å². The number of para-hydroxylation sites is 1. The van der Waals surface area contributed by atoms with E-state index in [2.05, 4.69) is 43.5 Å². The topological polar surface area (TPSA) is 41.1 Å². The largest absolute Gasteiger partial charge is 0.380 e. The summed E-state index contributed by atoms with van der Waals surface area (Å²) in [5.74, 6) is 0.630. The van der Waals surface area contributed by atoms with E-state index in [0.29, 0.717) is 18.9 Å². The average molecular weight is 276 g/mol. The molecule has 0 aliphatic rings. The summed E-state index contributed by atoms with van der Waals surface area (Å²) < 4.78 is 0. The van der Waals surface area contributed by atoms with E-state index in [1.165, 1.54) is 0 Å². The molecule has 1 atom stereocenters. The van der Waals surface area contributed by atoms with Crippen LogP contribution in [0.2, 0.25) is 0 Å². The van der Waals surface area contributed by atoms with Crippen LogP contribution >= 0.6 is 0 Å². The summed E-state index contributed by atoms with van der Waals surface area (Å²) in [5, 5.41) is 6.53. The van der Waals surface area contributed by atoms with Crippen molar-refractivity contribution < 1.29 is 4.79 Å². The van der Waals surface area contributed by atoms with Crippen LogP contribution in [0.5, 0.6) is 0 Å². The van der Waals surface area contributed by atoms with E-state index >= 15 is 0 Å². The van der Waals surface area contributed by atoms with Crippen LogP contribution in [0.1, 0.15) is 46.5 Å². The number of carbonyl (C=O) groups excluding carboxylic acids is 1. The Balaban J connectivity index is 2.38. The van der Waals surface area contributed by atoms with Crippen molar-refractivity contribution in [2.75, 3.05) is 11.9 Å². The zero-order valence-electron chi connectivity index (χ0n) is 13.0. The lowest BCUT2D eigenvalue weighted by molar-refractivity contribution is -0.121. The lowest BCUT2D eigenvalue weighted by Gasteiger charge is -2.24. The maximum absolute atomic E-state index is 11.8. The van der Waals surface area contributed by atoms with Crippen LogP contribution in [0.4, 0.5) is 5.69 Å². The van der Waals surface area contributed by atoms with Crippen molar-refractivity contribution >= 4 is 11.6 Å². The van der Waals surface area contributed by atoms with Crippen LogP contribution in [0.15, 0.2) is 30.3 Å². The van der Waals surface area contributed by atoms with E-state index in [9.17, 15) is 4.79 Å². The van der Waals surface area contributed by atoms with Crippen molar-refractivity contribution in [1.29, 1.82) is 0 Å². The number of anilines is 1. The lowest BCUT2D eigenvalue weighted by Crippen LogP contribution is -2.39. The molecule has 0 fully saturated rings.